The predicted octanol–water partition coefficient (Wildman–Crippen LogP) is 3.74. The lowest BCUT2D eigenvalue weighted by Gasteiger charge is -2.17. The van der Waals surface area contributed by atoms with E-state index in [1.807, 2.05) is 0 Å². The van der Waals surface area contributed by atoms with Gasteiger partial charge in [-0.3, -0.25) is 0 Å². The van der Waals surface area contributed by atoms with Gasteiger partial charge < -0.3 is 14.7 Å². The molecule has 24 heavy (non-hydrogen) atoms. The van der Waals surface area contributed by atoms with Gasteiger partial charge in [-0.25, -0.2) is 4.79 Å². The first-order valence-electron chi connectivity index (χ1n) is 6.49. The number of urea groups is 1. The van der Waals surface area contributed by atoms with Crippen molar-refractivity contribution in [1.82, 2.24) is 20.4 Å². The normalized spacial score (nSPS) is 11.4. The quantitative estimate of drug-likeness (QED) is 0.874. The fourth-order valence-corrected chi connectivity index (χ4v) is 2.03. The molecule has 0 atom stereocenters. The minimum Gasteiger partial charge on any atom is -0.337 e. The Morgan fingerprint density at radius 3 is 2.62 bits per heavy atom. The van der Waals surface area contributed by atoms with Crippen LogP contribution in [0.5, 0.6) is 0 Å². The highest BCUT2D eigenvalue weighted by molar-refractivity contribution is 6.42. The second-order valence-corrected chi connectivity index (χ2v) is 5.59. The average molecular weight is 383 g/mol. The fraction of sp³-hybridized carbons (Fsp3) is 0.308. The van der Waals surface area contributed by atoms with Crippen molar-refractivity contribution in [2.75, 3.05) is 7.05 Å². The molecule has 0 aliphatic heterocycles. The summed E-state index contributed by atoms with van der Waals surface area (Å²) in [6.07, 6.45) is -4.70. The molecule has 0 radical (unpaired) electrons. The smallest absolute Gasteiger partial charge is 0.337 e. The lowest BCUT2D eigenvalue weighted by Crippen LogP contribution is -2.36. The van der Waals surface area contributed by atoms with Crippen LogP contribution in [0.15, 0.2) is 22.7 Å². The van der Waals surface area contributed by atoms with Crippen LogP contribution in [0, 0.1) is 0 Å². The molecule has 1 aromatic carbocycles. The molecule has 0 bridgehead atoms. The Morgan fingerprint density at radius 2 is 2.04 bits per heavy atom. The van der Waals surface area contributed by atoms with E-state index in [1.165, 1.54) is 11.9 Å². The predicted molar refractivity (Wildman–Crippen MR) is 79.5 cm³/mol. The van der Waals surface area contributed by atoms with Crippen LogP contribution in [0.2, 0.25) is 10.0 Å². The maximum absolute atomic E-state index is 12.3. The minimum absolute atomic E-state index is 0.223. The monoisotopic (exact) mass is 382 g/mol. The van der Waals surface area contributed by atoms with Crippen LogP contribution in [-0.2, 0) is 19.3 Å². The van der Waals surface area contributed by atoms with E-state index in [0.717, 1.165) is 5.56 Å². The van der Waals surface area contributed by atoms with Crippen molar-refractivity contribution in [3.8, 4) is 0 Å². The first kappa shape index (κ1) is 18.3. The van der Waals surface area contributed by atoms with Crippen LogP contribution in [0.25, 0.3) is 0 Å². The number of amides is 2. The summed E-state index contributed by atoms with van der Waals surface area (Å²) in [5.41, 5.74) is 0.735. The van der Waals surface area contributed by atoms with Crippen LogP contribution >= 0.6 is 23.2 Å². The van der Waals surface area contributed by atoms with Crippen molar-refractivity contribution in [3.05, 3.63) is 45.5 Å². The van der Waals surface area contributed by atoms with Gasteiger partial charge in [-0.15, -0.1) is 0 Å². The van der Waals surface area contributed by atoms with Gasteiger partial charge in [-0.1, -0.05) is 34.4 Å². The molecule has 0 unspecified atom stereocenters. The first-order chi connectivity index (χ1) is 11.2. The third kappa shape index (κ3) is 4.75. The SMILES string of the molecule is CN(Cc1ccc(Cl)c(Cl)c1)C(=O)NCc1nc(C(F)(F)F)no1. The number of hydrogen-bond acceptors (Lipinski definition) is 4. The number of nitrogens with one attached hydrogen (secondary N) is 1. The van der Waals surface area contributed by atoms with E-state index in [0.29, 0.717) is 10.0 Å². The summed E-state index contributed by atoms with van der Waals surface area (Å²) in [4.78, 5) is 16.4. The Kier molecular flexibility index (Phi) is 5.55. The lowest BCUT2D eigenvalue weighted by atomic mass is 10.2. The van der Waals surface area contributed by atoms with Crippen molar-refractivity contribution in [2.24, 2.45) is 0 Å². The zero-order valence-corrected chi connectivity index (χ0v) is 13.7. The van der Waals surface area contributed by atoms with Crippen LogP contribution in [0.4, 0.5) is 18.0 Å². The summed E-state index contributed by atoms with van der Waals surface area (Å²) in [5.74, 6) is -1.74. The van der Waals surface area contributed by atoms with Crippen molar-refractivity contribution >= 4 is 29.2 Å². The molecule has 1 N–H and O–H groups in total. The van der Waals surface area contributed by atoms with Crippen LogP contribution in [0.3, 0.4) is 0 Å². The summed E-state index contributed by atoms with van der Waals surface area (Å²) >= 11 is 11.7. The van der Waals surface area contributed by atoms with Crippen molar-refractivity contribution in [3.63, 3.8) is 0 Å². The second-order valence-electron chi connectivity index (χ2n) is 4.77. The number of nitrogens with zero attached hydrogens (tertiary/aromatic N) is 3. The van der Waals surface area contributed by atoms with E-state index in [4.69, 9.17) is 23.2 Å². The number of halogens is 5. The summed E-state index contributed by atoms with van der Waals surface area (Å²) in [6.45, 7) is -0.103. The van der Waals surface area contributed by atoms with E-state index in [-0.39, 0.29) is 19.0 Å². The molecular weight excluding hydrogens is 372 g/mol. The number of hydrogen-bond donors (Lipinski definition) is 1. The Labute approximate surface area is 144 Å². The number of alkyl halides is 3. The summed E-state index contributed by atoms with van der Waals surface area (Å²) in [7, 11) is 1.51. The molecule has 0 aliphatic rings. The highest BCUT2D eigenvalue weighted by Gasteiger charge is 2.37. The van der Waals surface area contributed by atoms with Gasteiger partial charge >= 0.3 is 12.2 Å². The van der Waals surface area contributed by atoms with E-state index in [2.05, 4.69) is 20.0 Å². The van der Waals surface area contributed by atoms with Crippen LogP contribution in [0.1, 0.15) is 17.3 Å². The van der Waals surface area contributed by atoms with Gasteiger partial charge in [0.1, 0.15) is 0 Å². The standard InChI is InChI=1S/C13H11Cl2F3N4O2/c1-22(6-7-2-3-8(14)9(15)4-7)12(23)19-5-10-20-11(21-24-10)13(16,17)18/h2-4H,5-6H2,1H3,(H,19,23). The van der Waals surface area contributed by atoms with E-state index in [1.54, 1.807) is 18.2 Å². The molecule has 11 heteroatoms. The number of carbonyl (C=O) groups excluding carboxylic acids is 1. The van der Waals surface area contributed by atoms with Gasteiger partial charge in [0.15, 0.2) is 0 Å². The van der Waals surface area contributed by atoms with Gasteiger partial charge in [0, 0.05) is 13.6 Å². The molecule has 1 heterocycles. The molecule has 2 aromatic rings. The van der Waals surface area contributed by atoms with E-state index >= 15 is 0 Å². The molecular formula is C13H11Cl2F3N4O2. The van der Waals surface area contributed by atoms with Gasteiger partial charge in [0.05, 0.1) is 16.6 Å². The molecule has 1 aromatic heterocycles. The van der Waals surface area contributed by atoms with E-state index in [9.17, 15) is 18.0 Å². The number of aromatic nitrogens is 2. The van der Waals surface area contributed by atoms with Crippen molar-refractivity contribution in [2.45, 2.75) is 19.3 Å². The Morgan fingerprint density at radius 1 is 1.33 bits per heavy atom. The second kappa shape index (κ2) is 7.27. The Hall–Kier alpha value is -2.00. The molecule has 0 spiro atoms. The molecule has 6 nitrogen and oxygen atoms in total. The fourth-order valence-electron chi connectivity index (χ4n) is 1.71. The van der Waals surface area contributed by atoms with Gasteiger partial charge in [-0.2, -0.15) is 18.2 Å². The van der Waals surface area contributed by atoms with Crippen molar-refractivity contribution in [1.29, 1.82) is 0 Å². The third-order valence-corrected chi connectivity index (χ3v) is 3.60. The molecule has 130 valence electrons. The summed E-state index contributed by atoms with van der Waals surface area (Å²) in [6, 6.07) is 4.38. The number of rotatable bonds is 4. The number of benzene rings is 1. The molecule has 0 aliphatic carbocycles. The maximum Gasteiger partial charge on any atom is 0.455 e. The maximum atomic E-state index is 12.3. The van der Waals surface area contributed by atoms with E-state index < -0.39 is 18.0 Å². The topological polar surface area (TPSA) is 71.3 Å². The van der Waals surface area contributed by atoms with Gasteiger partial charge in [0.2, 0.25) is 5.89 Å². The molecule has 0 saturated carbocycles. The molecule has 2 amide bonds. The number of carbonyl (C=O) groups is 1. The lowest BCUT2D eigenvalue weighted by molar-refractivity contribution is -0.146. The van der Waals surface area contributed by atoms with Gasteiger partial charge in [-0.05, 0) is 17.7 Å². The highest BCUT2D eigenvalue weighted by atomic mass is 35.5. The summed E-state index contributed by atoms with van der Waals surface area (Å²) < 4.78 is 41.4. The molecule has 0 saturated heterocycles. The van der Waals surface area contributed by atoms with Gasteiger partial charge in [0.25, 0.3) is 5.82 Å². The average Bonchev–Trinajstić information content (AvgIpc) is 2.97. The Balaban J connectivity index is 1.89. The summed E-state index contributed by atoms with van der Waals surface area (Å²) in [5, 5.41) is 5.91. The minimum atomic E-state index is -4.70. The Bertz CT molecular complexity index is 736. The highest BCUT2D eigenvalue weighted by Crippen LogP contribution is 2.26. The molecule has 2 rings (SSSR count). The van der Waals surface area contributed by atoms with Crippen LogP contribution < -0.4 is 5.32 Å². The molecule has 0 fully saturated rings. The van der Waals surface area contributed by atoms with Crippen molar-refractivity contribution < 1.29 is 22.5 Å². The van der Waals surface area contributed by atoms with Crippen LogP contribution in [-0.4, -0.2) is 28.1 Å². The first-order valence-corrected chi connectivity index (χ1v) is 7.25. The largest absolute Gasteiger partial charge is 0.455 e. The zero-order valence-electron chi connectivity index (χ0n) is 12.2. The zero-order chi connectivity index (χ0) is 17.9. The third-order valence-electron chi connectivity index (χ3n) is 2.86.